The van der Waals surface area contributed by atoms with E-state index in [0.717, 1.165) is 11.1 Å². The minimum atomic E-state index is -0.934. The van der Waals surface area contributed by atoms with Crippen molar-refractivity contribution >= 4 is 35.1 Å². The van der Waals surface area contributed by atoms with Crippen LogP contribution in [0.4, 0.5) is 0 Å². The molecule has 0 spiro atoms. The highest BCUT2D eigenvalue weighted by molar-refractivity contribution is 6.28. The average Bonchev–Trinajstić information content (AvgIpc) is 2.86. The van der Waals surface area contributed by atoms with Gasteiger partial charge in [-0.2, -0.15) is 0 Å². The molecule has 0 aromatic heterocycles. The maximum absolute atomic E-state index is 12.7. The van der Waals surface area contributed by atoms with Gasteiger partial charge in [-0.1, -0.05) is 42.5 Å². The molecule has 0 aliphatic heterocycles. The molecule has 5 N–H and O–H groups in total. The van der Waals surface area contributed by atoms with Gasteiger partial charge in [0.05, 0.1) is 24.5 Å². The molecule has 0 bridgehead atoms. The van der Waals surface area contributed by atoms with Crippen molar-refractivity contribution in [2.45, 2.75) is 37.9 Å². The second kappa shape index (κ2) is 13.5. The molecule has 3 amide bonds. The quantitative estimate of drug-likeness (QED) is 0.316. The number of alkyl halides is 1. The van der Waals surface area contributed by atoms with Crippen molar-refractivity contribution in [3.8, 4) is 5.75 Å². The smallest absolute Gasteiger partial charge is 0.242 e. The number of amides is 3. The number of phenolic OH excluding ortho intramolecular Hbond substituents is 1. The Hall–Kier alpha value is -3.43. The summed E-state index contributed by atoms with van der Waals surface area (Å²) >= 11 is 5.74. The van der Waals surface area contributed by atoms with Crippen LogP contribution in [0.25, 0.3) is 0 Å². The molecule has 0 heterocycles. The number of likely N-dealkylation sites (N-methyl/N-ethyl adjacent to an activating group) is 1. The standard InChI is InChI=1S/C25H31ClN4O5/c1-16(29-25(35)20(27)12-18-8-10-19(31)11-9-18)24(34)28-15-23(33)30(2)21(22(32)14-26)13-17-6-4-3-5-7-17/h3-11,16,20-21,31H,12-15,27H2,1-2H3,(H,28,34)(H,29,35)/t16-,20+,21+/m1/s1. The second-order valence-corrected chi connectivity index (χ2v) is 8.50. The molecule has 9 nitrogen and oxygen atoms in total. The fraction of sp³-hybridized carbons (Fsp3) is 0.360. The fourth-order valence-electron chi connectivity index (χ4n) is 3.37. The highest BCUT2D eigenvalue weighted by Crippen LogP contribution is 2.12. The number of carbonyl (C=O) groups excluding carboxylic acids is 4. The second-order valence-electron chi connectivity index (χ2n) is 8.24. The number of nitrogens with one attached hydrogen (secondary N) is 2. The van der Waals surface area contributed by atoms with Crippen LogP contribution < -0.4 is 16.4 Å². The number of aromatic hydroxyl groups is 1. The van der Waals surface area contributed by atoms with Crippen LogP contribution in [0.5, 0.6) is 5.75 Å². The van der Waals surface area contributed by atoms with E-state index in [1.165, 1.54) is 31.0 Å². The summed E-state index contributed by atoms with van der Waals surface area (Å²) in [5.41, 5.74) is 7.56. The lowest BCUT2D eigenvalue weighted by Crippen LogP contribution is -2.53. The van der Waals surface area contributed by atoms with E-state index in [0.29, 0.717) is 6.42 Å². The van der Waals surface area contributed by atoms with Crippen LogP contribution in [0.1, 0.15) is 18.1 Å². The number of hydrogen-bond acceptors (Lipinski definition) is 6. The first-order chi connectivity index (χ1) is 16.6. The Labute approximate surface area is 209 Å². The normalized spacial score (nSPS) is 13.3. The Bertz CT molecular complexity index is 1020. The van der Waals surface area contributed by atoms with E-state index < -0.39 is 35.8 Å². The largest absolute Gasteiger partial charge is 0.508 e. The number of carbonyl (C=O) groups is 4. The Balaban J connectivity index is 1.87. The zero-order chi connectivity index (χ0) is 26.0. The van der Waals surface area contributed by atoms with Gasteiger partial charge in [-0.3, -0.25) is 19.2 Å². The van der Waals surface area contributed by atoms with Gasteiger partial charge < -0.3 is 26.4 Å². The Morgan fingerprint density at radius 2 is 1.57 bits per heavy atom. The third-order valence-electron chi connectivity index (χ3n) is 5.53. The number of Topliss-reactive ketones (excluding diaryl/α,β-unsaturated/α-hetero) is 1. The minimum Gasteiger partial charge on any atom is -0.508 e. The summed E-state index contributed by atoms with van der Waals surface area (Å²) in [5, 5.41) is 14.3. The summed E-state index contributed by atoms with van der Waals surface area (Å²) in [6, 6.07) is 12.9. The van der Waals surface area contributed by atoms with Gasteiger partial charge in [-0.25, -0.2) is 0 Å². The summed E-state index contributed by atoms with van der Waals surface area (Å²) in [6.45, 7) is 1.12. The van der Waals surface area contributed by atoms with Gasteiger partial charge in [0.2, 0.25) is 17.7 Å². The fourth-order valence-corrected chi connectivity index (χ4v) is 3.55. The van der Waals surface area contributed by atoms with Gasteiger partial charge >= 0.3 is 0 Å². The van der Waals surface area contributed by atoms with Crippen LogP contribution >= 0.6 is 11.6 Å². The average molecular weight is 503 g/mol. The first-order valence-corrected chi connectivity index (χ1v) is 11.7. The van der Waals surface area contributed by atoms with Crippen LogP contribution in [-0.4, -0.2) is 71.1 Å². The maximum atomic E-state index is 12.7. The molecule has 0 fully saturated rings. The Morgan fingerprint density at radius 3 is 2.17 bits per heavy atom. The summed E-state index contributed by atoms with van der Waals surface area (Å²) < 4.78 is 0. The lowest BCUT2D eigenvalue weighted by atomic mass is 10.0. The predicted octanol–water partition coefficient (Wildman–Crippen LogP) is 0.761. The number of nitrogens with two attached hydrogens (primary N) is 1. The summed E-state index contributed by atoms with van der Waals surface area (Å²) in [4.78, 5) is 51.1. The first kappa shape index (κ1) is 27.8. The molecule has 0 saturated carbocycles. The SMILES string of the molecule is C[C@@H](NC(=O)[C@@H](N)Cc1ccc(O)cc1)C(=O)NCC(=O)N(C)[C@@H](Cc1ccccc1)C(=O)CCl. The molecule has 3 atom stereocenters. The van der Waals surface area contributed by atoms with Crippen LogP contribution in [0, 0.1) is 0 Å². The Kier molecular flexibility index (Phi) is 10.7. The van der Waals surface area contributed by atoms with Crippen molar-refractivity contribution in [2.75, 3.05) is 19.5 Å². The molecule has 2 aromatic carbocycles. The van der Waals surface area contributed by atoms with Crippen LogP contribution in [0.15, 0.2) is 54.6 Å². The number of nitrogens with zero attached hydrogens (tertiary/aromatic N) is 1. The topological polar surface area (TPSA) is 142 Å². The molecular formula is C25H31ClN4O5. The number of halogens is 1. The van der Waals surface area contributed by atoms with Crippen LogP contribution in [0.2, 0.25) is 0 Å². The van der Waals surface area contributed by atoms with Crippen molar-refractivity contribution in [1.82, 2.24) is 15.5 Å². The molecule has 188 valence electrons. The third-order valence-corrected chi connectivity index (χ3v) is 5.79. The number of rotatable bonds is 12. The van der Waals surface area contributed by atoms with Crippen LogP contribution in [-0.2, 0) is 32.0 Å². The molecule has 0 aliphatic carbocycles. The number of hydrogen-bond donors (Lipinski definition) is 4. The molecular weight excluding hydrogens is 472 g/mol. The monoisotopic (exact) mass is 502 g/mol. The summed E-state index contributed by atoms with van der Waals surface area (Å²) in [5.74, 6) is -2.01. The minimum absolute atomic E-state index is 0.107. The third kappa shape index (κ3) is 8.70. The van der Waals surface area contributed by atoms with Crippen molar-refractivity contribution in [1.29, 1.82) is 0 Å². The molecule has 0 aliphatic rings. The van der Waals surface area contributed by atoms with E-state index in [9.17, 15) is 24.3 Å². The maximum Gasteiger partial charge on any atom is 0.242 e. The van der Waals surface area contributed by atoms with E-state index in [1.54, 1.807) is 12.1 Å². The van der Waals surface area contributed by atoms with E-state index >= 15 is 0 Å². The highest BCUT2D eigenvalue weighted by Gasteiger charge is 2.27. The van der Waals surface area contributed by atoms with Gasteiger partial charge in [-0.05, 0) is 43.0 Å². The molecule has 35 heavy (non-hydrogen) atoms. The molecule has 0 saturated heterocycles. The Morgan fingerprint density at radius 1 is 0.971 bits per heavy atom. The van der Waals surface area contributed by atoms with Crippen molar-refractivity contribution < 1.29 is 24.3 Å². The zero-order valence-electron chi connectivity index (χ0n) is 19.7. The van der Waals surface area contributed by atoms with Gasteiger partial charge in [0.25, 0.3) is 0 Å². The van der Waals surface area contributed by atoms with Crippen molar-refractivity contribution in [2.24, 2.45) is 5.73 Å². The summed E-state index contributed by atoms with van der Waals surface area (Å²) in [6.07, 6.45) is 0.523. The predicted molar refractivity (Wildman–Crippen MR) is 133 cm³/mol. The lowest BCUT2D eigenvalue weighted by Gasteiger charge is -2.27. The first-order valence-electron chi connectivity index (χ1n) is 11.1. The highest BCUT2D eigenvalue weighted by atomic mass is 35.5. The van der Waals surface area contributed by atoms with Crippen molar-refractivity contribution in [3.63, 3.8) is 0 Å². The molecule has 0 unspecified atom stereocenters. The molecule has 2 rings (SSSR count). The zero-order valence-corrected chi connectivity index (χ0v) is 20.5. The number of benzene rings is 2. The van der Waals surface area contributed by atoms with Gasteiger partial charge in [0, 0.05) is 7.05 Å². The van der Waals surface area contributed by atoms with Gasteiger partial charge in [0.15, 0.2) is 5.78 Å². The number of phenols is 1. The van der Waals surface area contributed by atoms with E-state index in [-0.39, 0.29) is 30.4 Å². The molecule has 2 aromatic rings. The van der Waals surface area contributed by atoms with Crippen molar-refractivity contribution in [3.05, 3.63) is 65.7 Å². The number of ketones is 1. The van der Waals surface area contributed by atoms with E-state index in [4.69, 9.17) is 17.3 Å². The van der Waals surface area contributed by atoms with E-state index in [2.05, 4.69) is 10.6 Å². The summed E-state index contributed by atoms with van der Waals surface area (Å²) in [7, 11) is 1.49. The van der Waals surface area contributed by atoms with Gasteiger partial charge in [0.1, 0.15) is 11.8 Å². The van der Waals surface area contributed by atoms with E-state index in [1.807, 2.05) is 30.3 Å². The van der Waals surface area contributed by atoms with Crippen LogP contribution in [0.3, 0.4) is 0 Å². The molecule has 10 heteroatoms. The lowest BCUT2D eigenvalue weighted by molar-refractivity contribution is -0.138. The van der Waals surface area contributed by atoms with Gasteiger partial charge in [-0.15, -0.1) is 11.6 Å². The molecule has 0 radical (unpaired) electrons.